The van der Waals surface area contributed by atoms with E-state index < -0.39 is 22.3 Å². The smallest absolute Gasteiger partial charge is 0.297 e. The summed E-state index contributed by atoms with van der Waals surface area (Å²) in [4.78, 5) is 9.87. The van der Waals surface area contributed by atoms with E-state index in [1.54, 1.807) is 18.2 Å². The van der Waals surface area contributed by atoms with E-state index in [2.05, 4.69) is 9.97 Å². The van der Waals surface area contributed by atoms with Crippen LogP contribution in [0.5, 0.6) is 0 Å². The molecule has 2 aromatic rings. The van der Waals surface area contributed by atoms with Crippen molar-refractivity contribution >= 4 is 26.7 Å². The number of hydrogen-bond donors (Lipinski definition) is 1. The van der Waals surface area contributed by atoms with Gasteiger partial charge >= 0.3 is 0 Å². The Labute approximate surface area is 138 Å². The van der Waals surface area contributed by atoms with Crippen molar-refractivity contribution in [3.63, 3.8) is 0 Å². The topological polar surface area (TPSA) is 89.2 Å². The molecule has 1 aromatic heterocycles. The highest BCUT2D eigenvalue weighted by Gasteiger charge is 2.25. The van der Waals surface area contributed by atoms with Crippen LogP contribution < -0.4 is 10.0 Å². The lowest BCUT2D eigenvalue weighted by molar-refractivity contribution is 0.141. The van der Waals surface area contributed by atoms with Crippen LogP contribution in [0.4, 0.5) is 14.6 Å². The standard InChI is InChI=1S/C15H18F2N4O2S/c16-13(17)14-19-12-4-2-1-3-11(12)15(20-14)21-7-5-10(6-8-21)9-24(18,22)23/h1-4,10,13H,5-9H2,(H2,18,22,23). The number of alkyl halides is 2. The molecule has 2 heterocycles. The molecule has 24 heavy (non-hydrogen) atoms. The maximum absolute atomic E-state index is 13.1. The average molecular weight is 356 g/mol. The molecule has 0 atom stereocenters. The van der Waals surface area contributed by atoms with Crippen LogP contribution in [0.25, 0.3) is 10.9 Å². The summed E-state index contributed by atoms with van der Waals surface area (Å²) < 4.78 is 48.5. The molecule has 0 spiro atoms. The monoisotopic (exact) mass is 356 g/mol. The van der Waals surface area contributed by atoms with Crippen molar-refractivity contribution in [3.8, 4) is 0 Å². The molecule has 1 aliphatic rings. The third kappa shape index (κ3) is 3.78. The van der Waals surface area contributed by atoms with E-state index in [-0.39, 0.29) is 11.7 Å². The van der Waals surface area contributed by atoms with Crippen LogP contribution >= 0.6 is 0 Å². The molecule has 0 unspecified atom stereocenters. The average Bonchev–Trinajstić information content (AvgIpc) is 2.53. The number of fused-ring (bicyclic) bond motifs is 1. The number of sulfonamides is 1. The van der Waals surface area contributed by atoms with Crippen molar-refractivity contribution < 1.29 is 17.2 Å². The van der Waals surface area contributed by atoms with Crippen molar-refractivity contribution in [3.05, 3.63) is 30.1 Å². The van der Waals surface area contributed by atoms with Gasteiger partial charge in [0.25, 0.3) is 6.43 Å². The van der Waals surface area contributed by atoms with Gasteiger partial charge in [-0.05, 0) is 30.9 Å². The Morgan fingerprint density at radius 2 is 1.88 bits per heavy atom. The number of halogens is 2. The first-order chi connectivity index (χ1) is 11.3. The van der Waals surface area contributed by atoms with Crippen molar-refractivity contribution in [2.75, 3.05) is 23.7 Å². The molecule has 1 fully saturated rings. The Morgan fingerprint density at radius 1 is 1.21 bits per heavy atom. The van der Waals surface area contributed by atoms with Gasteiger partial charge in [0.1, 0.15) is 5.82 Å². The van der Waals surface area contributed by atoms with Crippen molar-refractivity contribution in [2.24, 2.45) is 11.1 Å². The first-order valence-corrected chi connectivity index (χ1v) is 9.35. The minimum absolute atomic E-state index is 0.0149. The molecule has 1 aliphatic heterocycles. The number of benzene rings is 1. The Hall–Kier alpha value is -1.87. The Morgan fingerprint density at radius 3 is 2.50 bits per heavy atom. The Balaban J connectivity index is 1.87. The zero-order valence-corrected chi connectivity index (χ0v) is 13.7. The van der Waals surface area contributed by atoms with Crippen LogP contribution in [-0.4, -0.2) is 37.2 Å². The molecular weight excluding hydrogens is 338 g/mol. The number of primary sulfonamides is 1. The Kier molecular flexibility index (Phi) is 4.64. The summed E-state index contributed by atoms with van der Waals surface area (Å²) in [5.74, 6) is -0.0765. The van der Waals surface area contributed by atoms with Crippen LogP contribution in [0.1, 0.15) is 25.1 Å². The number of rotatable bonds is 4. The van der Waals surface area contributed by atoms with Gasteiger partial charge in [-0.15, -0.1) is 0 Å². The molecule has 130 valence electrons. The van der Waals surface area contributed by atoms with Gasteiger partial charge in [0.15, 0.2) is 5.82 Å². The van der Waals surface area contributed by atoms with Gasteiger partial charge in [0, 0.05) is 18.5 Å². The lowest BCUT2D eigenvalue weighted by atomic mass is 9.98. The highest BCUT2D eigenvalue weighted by Crippen LogP contribution is 2.30. The zero-order chi connectivity index (χ0) is 17.3. The number of aromatic nitrogens is 2. The molecule has 2 N–H and O–H groups in total. The molecule has 9 heteroatoms. The first-order valence-electron chi connectivity index (χ1n) is 7.64. The lowest BCUT2D eigenvalue weighted by Crippen LogP contribution is -2.37. The lowest BCUT2D eigenvalue weighted by Gasteiger charge is -2.33. The van der Waals surface area contributed by atoms with E-state index in [1.807, 2.05) is 11.0 Å². The molecule has 0 amide bonds. The van der Waals surface area contributed by atoms with Crippen LogP contribution in [0.3, 0.4) is 0 Å². The third-order valence-electron chi connectivity index (χ3n) is 4.18. The summed E-state index contributed by atoms with van der Waals surface area (Å²) in [6.45, 7) is 1.09. The van der Waals surface area contributed by atoms with Crippen LogP contribution in [-0.2, 0) is 10.0 Å². The predicted molar refractivity (Wildman–Crippen MR) is 87.4 cm³/mol. The van der Waals surface area contributed by atoms with Gasteiger partial charge in [-0.2, -0.15) is 0 Å². The van der Waals surface area contributed by atoms with E-state index in [0.717, 1.165) is 0 Å². The number of anilines is 1. The molecule has 0 aliphatic carbocycles. The van der Waals surface area contributed by atoms with Crippen LogP contribution in [0, 0.1) is 5.92 Å². The van der Waals surface area contributed by atoms with Gasteiger partial charge < -0.3 is 4.90 Å². The highest BCUT2D eigenvalue weighted by molar-refractivity contribution is 7.89. The van der Waals surface area contributed by atoms with E-state index >= 15 is 0 Å². The molecule has 1 aromatic carbocycles. The van der Waals surface area contributed by atoms with Crippen molar-refractivity contribution in [1.29, 1.82) is 0 Å². The van der Waals surface area contributed by atoms with Gasteiger partial charge in [-0.25, -0.2) is 32.3 Å². The maximum Gasteiger partial charge on any atom is 0.297 e. The summed E-state index contributed by atoms with van der Waals surface area (Å²) in [6.07, 6.45) is -1.49. The molecular formula is C15H18F2N4O2S. The van der Waals surface area contributed by atoms with Crippen LogP contribution in [0.15, 0.2) is 24.3 Å². The van der Waals surface area contributed by atoms with E-state index in [4.69, 9.17) is 5.14 Å². The maximum atomic E-state index is 13.1. The number of nitrogens with zero attached hydrogens (tertiary/aromatic N) is 3. The quantitative estimate of drug-likeness (QED) is 0.906. The molecule has 0 bridgehead atoms. The fourth-order valence-corrected chi connectivity index (χ4v) is 4.05. The number of para-hydroxylation sites is 1. The SMILES string of the molecule is NS(=O)(=O)CC1CCN(c2nc(C(F)F)nc3ccccc23)CC1. The van der Waals surface area contributed by atoms with Gasteiger partial charge in [0.2, 0.25) is 10.0 Å². The third-order valence-corrected chi connectivity index (χ3v) is 5.11. The van der Waals surface area contributed by atoms with Crippen molar-refractivity contribution in [1.82, 2.24) is 9.97 Å². The molecule has 6 nitrogen and oxygen atoms in total. The second-order valence-electron chi connectivity index (χ2n) is 5.98. The number of piperidine rings is 1. The second kappa shape index (κ2) is 6.56. The minimum atomic E-state index is -3.50. The summed E-state index contributed by atoms with van der Waals surface area (Å²) >= 11 is 0. The first kappa shape index (κ1) is 17.0. The summed E-state index contributed by atoms with van der Waals surface area (Å²) in [5.41, 5.74) is 0.476. The second-order valence-corrected chi connectivity index (χ2v) is 7.64. The number of hydrogen-bond acceptors (Lipinski definition) is 5. The highest BCUT2D eigenvalue weighted by atomic mass is 32.2. The predicted octanol–water partition coefficient (Wildman–Crippen LogP) is 2.07. The van der Waals surface area contributed by atoms with Gasteiger partial charge in [-0.1, -0.05) is 12.1 Å². The van der Waals surface area contributed by atoms with Gasteiger partial charge in [-0.3, -0.25) is 0 Å². The molecule has 0 radical (unpaired) electrons. The summed E-state index contributed by atoms with van der Waals surface area (Å²) in [6, 6.07) is 7.04. The zero-order valence-electron chi connectivity index (χ0n) is 12.9. The van der Waals surface area contributed by atoms with E-state index in [1.165, 1.54) is 0 Å². The summed E-state index contributed by atoms with van der Waals surface area (Å²) in [7, 11) is -3.50. The fraction of sp³-hybridized carbons (Fsp3) is 0.467. The molecule has 3 rings (SSSR count). The van der Waals surface area contributed by atoms with E-state index in [0.29, 0.717) is 42.7 Å². The summed E-state index contributed by atoms with van der Waals surface area (Å²) in [5, 5.41) is 5.81. The van der Waals surface area contributed by atoms with Crippen molar-refractivity contribution in [2.45, 2.75) is 19.3 Å². The molecule has 0 saturated carbocycles. The van der Waals surface area contributed by atoms with Crippen LogP contribution in [0.2, 0.25) is 0 Å². The Bertz CT molecular complexity index is 836. The molecule has 1 saturated heterocycles. The largest absolute Gasteiger partial charge is 0.356 e. The van der Waals surface area contributed by atoms with Gasteiger partial charge in [0.05, 0.1) is 11.3 Å². The normalized spacial score (nSPS) is 16.9. The minimum Gasteiger partial charge on any atom is -0.356 e. The fourth-order valence-electron chi connectivity index (χ4n) is 3.06. The number of nitrogens with two attached hydrogens (primary N) is 1. The van der Waals surface area contributed by atoms with E-state index in [9.17, 15) is 17.2 Å².